The third kappa shape index (κ3) is 2.86. The molecule has 0 spiro atoms. The molecular weight excluding hydrogens is 254 g/mol. The van der Waals surface area contributed by atoms with Gasteiger partial charge in [-0.3, -0.25) is 4.90 Å². The molecule has 2 aliphatic heterocycles. The van der Waals surface area contributed by atoms with Crippen LogP contribution < -0.4 is 0 Å². The van der Waals surface area contributed by atoms with Gasteiger partial charge in [0.15, 0.2) is 0 Å². The molecule has 0 amide bonds. The van der Waals surface area contributed by atoms with E-state index in [0.29, 0.717) is 0 Å². The number of rotatable bonds is 4. The van der Waals surface area contributed by atoms with E-state index in [1.165, 1.54) is 57.0 Å². The number of likely N-dealkylation sites (tertiary alicyclic amines) is 2. The summed E-state index contributed by atoms with van der Waals surface area (Å²) < 4.78 is 0. The summed E-state index contributed by atoms with van der Waals surface area (Å²) in [5.41, 5.74) is 0. The molecule has 3 nitrogen and oxygen atoms in total. The van der Waals surface area contributed by atoms with E-state index in [9.17, 15) is 0 Å². The van der Waals surface area contributed by atoms with Gasteiger partial charge in [-0.05, 0) is 43.6 Å². The van der Waals surface area contributed by atoms with Gasteiger partial charge < -0.3 is 4.90 Å². The smallest absolute Gasteiger partial charge is 0.107 e. The molecule has 1 aromatic rings. The Kier molecular flexibility index (Phi) is 3.34. The second-order valence-corrected chi connectivity index (χ2v) is 7.61. The van der Waals surface area contributed by atoms with Crippen LogP contribution in [0.4, 0.5) is 0 Å². The summed E-state index contributed by atoms with van der Waals surface area (Å²) in [7, 11) is 0. The Hall–Kier alpha value is -0.450. The molecule has 1 aromatic heterocycles. The van der Waals surface area contributed by atoms with E-state index in [2.05, 4.69) is 20.2 Å². The Bertz CT molecular complexity index is 415. The van der Waals surface area contributed by atoms with Crippen molar-refractivity contribution in [3.05, 3.63) is 16.6 Å². The van der Waals surface area contributed by atoms with Crippen LogP contribution in [0.1, 0.15) is 24.3 Å². The van der Waals surface area contributed by atoms with Gasteiger partial charge in [-0.15, -0.1) is 11.3 Å². The monoisotopic (exact) mass is 277 g/mol. The summed E-state index contributed by atoms with van der Waals surface area (Å²) in [4.78, 5) is 9.80. The van der Waals surface area contributed by atoms with Crippen molar-refractivity contribution in [1.82, 2.24) is 14.8 Å². The van der Waals surface area contributed by atoms with Crippen LogP contribution in [0.5, 0.6) is 0 Å². The van der Waals surface area contributed by atoms with Gasteiger partial charge >= 0.3 is 0 Å². The van der Waals surface area contributed by atoms with E-state index in [0.717, 1.165) is 24.3 Å². The maximum Gasteiger partial charge on any atom is 0.107 e. The molecule has 1 saturated carbocycles. The van der Waals surface area contributed by atoms with Crippen molar-refractivity contribution >= 4 is 11.3 Å². The van der Waals surface area contributed by atoms with Gasteiger partial charge in [0.05, 0.1) is 6.54 Å². The SMILES string of the molecule is c1csc(CN2C[C@H]3CN(CC4CC4)CC[C@H]3C2)n1. The highest BCUT2D eigenvalue weighted by Gasteiger charge is 2.38. The van der Waals surface area contributed by atoms with Gasteiger partial charge in [0, 0.05) is 37.8 Å². The zero-order valence-corrected chi connectivity index (χ0v) is 12.3. The first-order valence-electron chi connectivity index (χ1n) is 7.70. The fraction of sp³-hybridized carbons (Fsp3) is 0.800. The summed E-state index contributed by atoms with van der Waals surface area (Å²) in [6, 6.07) is 0. The number of piperidine rings is 1. The molecule has 0 radical (unpaired) electrons. The van der Waals surface area contributed by atoms with Crippen LogP contribution in [0.2, 0.25) is 0 Å². The molecule has 104 valence electrons. The van der Waals surface area contributed by atoms with E-state index in [-0.39, 0.29) is 0 Å². The summed E-state index contributed by atoms with van der Waals surface area (Å²) in [5.74, 6) is 2.92. The standard InChI is InChI=1S/C15H23N3S/c1-2-12(1)7-17-5-3-13-8-18(10-14(13)9-17)11-15-16-4-6-19-15/h4,6,12-14H,1-3,5,7-11H2/t13-,14+/m0/s1. The van der Waals surface area contributed by atoms with Gasteiger partial charge in [0.25, 0.3) is 0 Å². The average Bonchev–Trinajstić information content (AvgIpc) is 2.91. The molecule has 3 aliphatic rings. The van der Waals surface area contributed by atoms with Crippen molar-refractivity contribution < 1.29 is 0 Å². The molecule has 0 unspecified atom stereocenters. The normalized spacial score (nSPS) is 32.6. The van der Waals surface area contributed by atoms with Gasteiger partial charge in [0.2, 0.25) is 0 Å². The van der Waals surface area contributed by atoms with E-state index >= 15 is 0 Å². The third-order valence-corrected chi connectivity index (χ3v) is 5.78. The van der Waals surface area contributed by atoms with E-state index < -0.39 is 0 Å². The number of hydrogen-bond acceptors (Lipinski definition) is 4. The van der Waals surface area contributed by atoms with Crippen LogP contribution in [-0.2, 0) is 6.54 Å². The molecule has 3 heterocycles. The van der Waals surface area contributed by atoms with Crippen LogP contribution in [0.15, 0.2) is 11.6 Å². The van der Waals surface area contributed by atoms with Crippen LogP contribution in [0, 0.1) is 17.8 Å². The zero-order chi connectivity index (χ0) is 12.7. The molecular formula is C15H23N3S. The van der Waals surface area contributed by atoms with Crippen LogP contribution in [0.25, 0.3) is 0 Å². The largest absolute Gasteiger partial charge is 0.303 e. The topological polar surface area (TPSA) is 19.4 Å². The molecule has 2 atom stereocenters. The van der Waals surface area contributed by atoms with Gasteiger partial charge in [-0.25, -0.2) is 4.98 Å². The number of nitrogens with zero attached hydrogens (tertiary/aromatic N) is 3. The molecule has 0 aromatic carbocycles. The molecule has 3 fully saturated rings. The van der Waals surface area contributed by atoms with Gasteiger partial charge in [0.1, 0.15) is 5.01 Å². The van der Waals surface area contributed by atoms with Gasteiger partial charge in [-0.1, -0.05) is 0 Å². The minimum Gasteiger partial charge on any atom is -0.303 e. The van der Waals surface area contributed by atoms with Crippen molar-refractivity contribution in [1.29, 1.82) is 0 Å². The molecule has 4 heteroatoms. The van der Waals surface area contributed by atoms with Crippen molar-refractivity contribution in [3.8, 4) is 0 Å². The van der Waals surface area contributed by atoms with Gasteiger partial charge in [-0.2, -0.15) is 0 Å². The molecule has 0 bridgehead atoms. The predicted molar refractivity (Wildman–Crippen MR) is 78.2 cm³/mol. The molecule has 19 heavy (non-hydrogen) atoms. The first kappa shape index (κ1) is 12.3. The highest BCUT2D eigenvalue weighted by atomic mass is 32.1. The second kappa shape index (κ2) is 5.15. The number of fused-ring (bicyclic) bond motifs is 1. The molecule has 1 aliphatic carbocycles. The van der Waals surface area contributed by atoms with Crippen LogP contribution in [-0.4, -0.2) is 47.5 Å². The summed E-state index contributed by atoms with van der Waals surface area (Å²) in [6.45, 7) is 7.77. The summed E-state index contributed by atoms with van der Waals surface area (Å²) in [5, 5.41) is 3.38. The molecule has 2 saturated heterocycles. The number of hydrogen-bond donors (Lipinski definition) is 0. The van der Waals surface area contributed by atoms with E-state index in [1.807, 2.05) is 6.20 Å². The maximum atomic E-state index is 4.43. The average molecular weight is 277 g/mol. The van der Waals surface area contributed by atoms with E-state index in [1.54, 1.807) is 11.3 Å². The number of aromatic nitrogens is 1. The Labute approximate surface area is 119 Å². The molecule has 0 N–H and O–H groups in total. The maximum absolute atomic E-state index is 4.43. The fourth-order valence-corrected chi connectivity index (χ4v) is 4.48. The highest BCUT2D eigenvalue weighted by molar-refractivity contribution is 7.09. The van der Waals surface area contributed by atoms with Crippen molar-refractivity contribution in [2.24, 2.45) is 17.8 Å². The lowest BCUT2D eigenvalue weighted by molar-refractivity contribution is 0.143. The molecule has 4 rings (SSSR count). The quantitative estimate of drug-likeness (QED) is 0.842. The lowest BCUT2D eigenvalue weighted by atomic mass is 9.88. The first-order valence-corrected chi connectivity index (χ1v) is 8.58. The second-order valence-electron chi connectivity index (χ2n) is 6.63. The summed E-state index contributed by atoms with van der Waals surface area (Å²) >= 11 is 1.80. The first-order chi connectivity index (χ1) is 9.37. The van der Waals surface area contributed by atoms with E-state index in [4.69, 9.17) is 0 Å². The minimum absolute atomic E-state index is 0.924. The Morgan fingerprint density at radius 3 is 2.74 bits per heavy atom. The number of thiazole rings is 1. The van der Waals surface area contributed by atoms with Crippen molar-refractivity contribution in [3.63, 3.8) is 0 Å². The minimum atomic E-state index is 0.924. The third-order valence-electron chi connectivity index (χ3n) is 5.02. The lowest BCUT2D eigenvalue weighted by Gasteiger charge is -2.34. The van der Waals surface area contributed by atoms with Crippen molar-refractivity contribution in [2.45, 2.75) is 25.8 Å². The predicted octanol–water partition coefficient (Wildman–Crippen LogP) is 2.31. The summed E-state index contributed by atoms with van der Waals surface area (Å²) in [6.07, 6.45) is 6.33. The van der Waals surface area contributed by atoms with Crippen LogP contribution >= 0.6 is 11.3 Å². The highest BCUT2D eigenvalue weighted by Crippen LogP contribution is 2.35. The Morgan fingerprint density at radius 2 is 1.95 bits per heavy atom. The Balaban J connectivity index is 1.32. The Morgan fingerprint density at radius 1 is 1.11 bits per heavy atom. The van der Waals surface area contributed by atoms with Crippen molar-refractivity contribution in [2.75, 3.05) is 32.7 Å². The lowest BCUT2D eigenvalue weighted by Crippen LogP contribution is -2.40. The zero-order valence-electron chi connectivity index (χ0n) is 11.5. The van der Waals surface area contributed by atoms with Crippen LogP contribution in [0.3, 0.4) is 0 Å². The fourth-order valence-electron chi connectivity index (χ4n) is 3.82.